The topological polar surface area (TPSA) is 58.8 Å². The van der Waals surface area contributed by atoms with Crippen LogP contribution in [0.4, 0.5) is 6.01 Å². The van der Waals surface area contributed by atoms with E-state index in [1.165, 1.54) is 6.26 Å². The zero-order chi connectivity index (χ0) is 14.5. The minimum atomic E-state index is -0.426. The maximum Gasteiger partial charge on any atom is 0.360 e. The molecule has 0 spiro atoms. The smallest absolute Gasteiger partial charge is 0.360 e. The molecule has 1 aromatic heterocycles. The molecule has 0 radical (unpaired) electrons. The Labute approximate surface area is 119 Å². The lowest BCUT2D eigenvalue weighted by atomic mass is 9.97. The minimum absolute atomic E-state index is 0.247. The second-order valence-electron chi connectivity index (χ2n) is 5.43. The van der Waals surface area contributed by atoms with Crippen molar-refractivity contribution in [2.24, 2.45) is 5.92 Å². The number of oxazole rings is 1. The van der Waals surface area contributed by atoms with E-state index in [-0.39, 0.29) is 5.69 Å². The molecule has 112 valence electrons. The van der Waals surface area contributed by atoms with Gasteiger partial charge in [0.15, 0.2) is 5.69 Å². The minimum Gasteiger partial charge on any atom is -0.461 e. The van der Waals surface area contributed by atoms with Gasteiger partial charge >= 0.3 is 5.97 Å². The molecule has 0 saturated carbocycles. The molecule has 1 fully saturated rings. The molecule has 2 rings (SSSR count). The highest BCUT2D eigenvalue weighted by atomic mass is 16.5. The van der Waals surface area contributed by atoms with E-state index in [0.29, 0.717) is 12.6 Å². The van der Waals surface area contributed by atoms with E-state index in [2.05, 4.69) is 28.9 Å². The summed E-state index contributed by atoms with van der Waals surface area (Å²) < 4.78 is 10.3. The van der Waals surface area contributed by atoms with Crippen LogP contribution >= 0.6 is 0 Å². The largest absolute Gasteiger partial charge is 0.461 e. The molecule has 20 heavy (non-hydrogen) atoms. The van der Waals surface area contributed by atoms with E-state index >= 15 is 0 Å². The van der Waals surface area contributed by atoms with E-state index in [1.54, 1.807) is 6.92 Å². The highest BCUT2D eigenvalue weighted by molar-refractivity contribution is 5.87. The summed E-state index contributed by atoms with van der Waals surface area (Å²) in [5, 5.41) is 0. The molecule has 6 nitrogen and oxygen atoms in total. The van der Waals surface area contributed by atoms with Crippen LogP contribution in [-0.2, 0) is 4.74 Å². The molecule has 0 aromatic carbocycles. The number of hydrogen-bond donors (Lipinski definition) is 0. The first-order valence-corrected chi connectivity index (χ1v) is 7.12. The third-order valence-electron chi connectivity index (χ3n) is 3.49. The van der Waals surface area contributed by atoms with Crippen LogP contribution in [0.25, 0.3) is 0 Å². The van der Waals surface area contributed by atoms with E-state index < -0.39 is 5.97 Å². The number of piperidine rings is 1. The third-order valence-corrected chi connectivity index (χ3v) is 3.49. The van der Waals surface area contributed by atoms with Crippen LogP contribution < -0.4 is 4.90 Å². The van der Waals surface area contributed by atoms with Gasteiger partial charge in [-0.05, 0) is 39.8 Å². The number of anilines is 1. The number of aromatic nitrogens is 1. The summed E-state index contributed by atoms with van der Waals surface area (Å²) in [7, 11) is 4.21. The quantitative estimate of drug-likeness (QED) is 0.765. The molecule has 1 saturated heterocycles. The number of rotatable bonds is 5. The van der Waals surface area contributed by atoms with Crippen molar-refractivity contribution in [3.8, 4) is 0 Å². The summed E-state index contributed by atoms with van der Waals surface area (Å²) in [5.41, 5.74) is 0.247. The van der Waals surface area contributed by atoms with E-state index in [9.17, 15) is 4.79 Å². The average molecular weight is 281 g/mol. The predicted molar refractivity (Wildman–Crippen MR) is 76.0 cm³/mol. The Morgan fingerprint density at radius 3 is 2.80 bits per heavy atom. The highest BCUT2D eigenvalue weighted by Crippen LogP contribution is 2.23. The summed E-state index contributed by atoms with van der Waals surface area (Å²) in [6.07, 6.45) is 3.61. The van der Waals surface area contributed by atoms with Gasteiger partial charge in [-0.3, -0.25) is 0 Å². The van der Waals surface area contributed by atoms with Gasteiger partial charge < -0.3 is 19.0 Å². The lowest BCUT2D eigenvalue weighted by molar-refractivity contribution is 0.0519. The second kappa shape index (κ2) is 6.74. The van der Waals surface area contributed by atoms with Gasteiger partial charge in [0.1, 0.15) is 6.26 Å². The van der Waals surface area contributed by atoms with Gasteiger partial charge in [0.25, 0.3) is 6.01 Å². The molecule has 2 heterocycles. The fraction of sp³-hybridized carbons (Fsp3) is 0.714. The van der Waals surface area contributed by atoms with Crippen LogP contribution in [0.1, 0.15) is 30.3 Å². The molecule has 6 heteroatoms. The number of hydrogen-bond acceptors (Lipinski definition) is 6. The number of carbonyl (C=O) groups is 1. The van der Waals surface area contributed by atoms with Gasteiger partial charge in [0.2, 0.25) is 0 Å². The number of ether oxygens (including phenoxy) is 1. The Bertz CT molecular complexity index is 437. The highest BCUT2D eigenvalue weighted by Gasteiger charge is 2.24. The van der Waals surface area contributed by atoms with Crippen molar-refractivity contribution in [2.45, 2.75) is 19.8 Å². The fourth-order valence-corrected chi connectivity index (χ4v) is 2.53. The normalized spacial score (nSPS) is 16.7. The number of nitrogens with zero attached hydrogens (tertiary/aromatic N) is 3. The van der Waals surface area contributed by atoms with Crippen LogP contribution in [0, 0.1) is 5.92 Å². The lowest BCUT2D eigenvalue weighted by Gasteiger charge is -2.32. The maximum atomic E-state index is 11.5. The molecule has 0 atom stereocenters. The van der Waals surface area contributed by atoms with Gasteiger partial charge in [-0.1, -0.05) is 0 Å². The van der Waals surface area contributed by atoms with Crippen LogP contribution in [-0.4, -0.2) is 56.2 Å². The zero-order valence-corrected chi connectivity index (χ0v) is 12.5. The molecule has 0 unspecified atom stereocenters. The summed E-state index contributed by atoms with van der Waals surface area (Å²) in [4.78, 5) is 20.1. The first kappa shape index (κ1) is 14.8. The summed E-state index contributed by atoms with van der Waals surface area (Å²) >= 11 is 0. The Kier molecular flexibility index (Phi) is 5.00. The van der Waals surface area contributed by atoms with Crippen molar-refractivity contribution in [2.75, 3.05) is 45.2 Å². The van der Waals surface area contributed by atoms with Gasteiger partial charge in [-0.25, -0.2) is 4.79 Å². The van der Waals surface area contributed by atoms with Gasteiger partial charge in [0.05, 0.1) is 6.61 Å². The molecule has 0 N–H and O–H groups in total. The molecule has 1 aliphatic rings. The molecule has 0 aliphatic carbocycles. The van der Waals surface area contributed by atoms with Crippen molar-refractivity contribution in [3.05, 3.63) is 12.0 Å². The first-order chi connectivity index (χ1) is 9.60. The number of carbonyl (C=O) groups excluding carboxylic acids is 1. The average Bonchev–Trinajstić information content (AvgIpc) is 2.89. The van der Waals surface area contributed by atoms with Crippen LogP contribution in [0.3, 0.4) is 0 Å². The first-order valence-electron chi connectivity index (χ1n) is 7.12. The SMILES string of the molecule is CCOC(=O)c1coc(N2CCC(CN(C)C)CC2)n1. The van der Waals surface area contributed by atoms with Crippen LogP contribution in [0.5, 0.6) is 0 Å². The van der Waals surface area contributed by atoms with Crippen LogP contribution in [0.15, 0.2) is 10.7 Å². The monoisotopic (exact) mass is 281 g/mol. The summed E-state index contributed by atoms with van der Waals surface area (Å²) in [6.45, 7) is 5.07. The van der Waals surface area contributed by atoms with E-state index in [4.69, 9.17) is 9.15 Å². The van der Waals surface area contributed by atoms with Gasteiger partial charge in [0, 0.05) is 19.6 Å². The fourth-order valence-electron chi connectivity index (χ4n) is 2.53. The molecular weight excluding hydrogens is 258 g/mol. The van der Waals surface area contributed by atoms with E-state index in [0.717, 1.165) is 38.4 Å². The second-order valence-corrected chi connectivity index (χ2v) is 5.43. The standard InChI is InChI=1S/C14H23N3O3/c1-4-19-13(18)12-10-20-14(15-12)17-7-5-11(6-8-17)9-16(2)3/h10-11H,4-9H2,1-3H3. The Morgan fingerprint density at radius 2 is 2.20 bits per heavy atom. The molecular formula is C14H23N3O3. The van der Waals surface area contributed by atoms with Crippen molar-refractivity contribution in [1.29, 1.82) is 0 Å². The molecule has 0 bridgehead atoms. The van der Waals surface area contributed by atoms with Crippen molar-refractivity contribution >= 4 is 12.0 Å². The van der Waals surface area contributed by atoms with Crippen molar-refractivity contribution in [1.82, 2.24) is 9.88 Å². The van der Waals surface area contributed by atoms with Crippen LogP contribution in [0.2, 0.25) is 0 Å². The molecule has 0 amide bonds. The zero-order valence-electron chi connectivity index (χ0n) is 12.5. The Hall–Kier alpha value is -1.56. The molecule has 1 aliphatic heterocycles. The lowest BCUT2D eigenvalue weighted by Crippen LogP contribution is -2.37. The van der Waals surface area contributed by atoms with Crippen molar-refractivity contribution in [3.63, 3.8) is 0 Å². The summed E-state index contributed by atoms with van der Waals surface area (Å²) in [6, 6.07) is 0.524. The van der Waals surface area contributed by atoms with E-state index in [1.807, 2.05) is 0 Å². The Morgan fingerprint density at radius 1 is 1.50 bits per heavy atom. The Balaban J connectivity index is 1.89. The maximum absolute atomic E-state index is 11.5. The third kappa shape index (κ3) is 3.72. The predicted octanol–water partition coefficient (Wildman–Crippen LogP) is 1.63. The summed E-state index contributed by atoms with van der Waals surface area (Å²) in [5.74, 6) is 0.297. The van der Waals surface area contributed by atoms with Crippen molar-refractivity contribution < 1.29 is 13.9 Å². The number of esters is 1. The molecule has 1 aromatic rings. The van der Waals surface area contributed by atoms with Gasteiger partial charge in [-0.15, -0.1) is 0 Å². The van der Waals surface area contributed by atoms with Gasteiger partial charge in [-0.2, -0.15) is 4.98 Å².